The Labute approximate surface area is 190 Å². The molecule has 0 radical (unpaired) electrons. The van der Waals surface area contributed by atoms with E-state index in [9.17, 15) is 19.1 Å². The van der Waals surface area contributed by atoms with Gasteiger partial charge in [-0.3, -0.25) is 19.5 Å². The topological polar surface area (TPSA) is 83.4 Å². The molecule has 0 bridgehead atoms. The molecule has 9 heteroatoms. The molecule has 1 unspecified atom stereocenters. The molecule has 3 heterocycles. The lowest BCUT2D eigenvalue weighted by Crippen LogP contribution is -2.29. The highest BCUT2D eigenvalue weighted by Gasteiger charge is 2.48. The third-order valence-corrected chi connectivity index (χ3v) is 6.45. The fraction of sp³-hybridized carbons (Fsp3) is 0.0435. The largest absolute Gasteiger partial charge is 0.507 e. The van der Waals surface area contributed by atoms with Crippen molar-refractivity contribution in [3.8, 4) is 0 Å². The molecule has 32 heavy (non-hydrogen) atoms. The van der Waals surface area contributed by atoms with E-state index < -0.39 is 23.5 Å². The van der Waals surface area contributed by atoms with Crippen LogP contribution >= 0.6 is 22.9 Å². The Balaban J connectivity index is 1.75. The number of amides is 1. The molecule has 1 amide bonds. The van der Waals surface area contributed by atoms with Crippen LogP contribution in [0.2, 0.25) is 5.02 Å². The average molecular weight is 466 g/mol. The van der Waals surface area contributed by atoms with Crippen LogP contribution in [0.3, 0.4) is 0 Å². The van der Waals surface area contributed by atoms with Gasteiger partial charge in [-0.1, -0.05) is 41.1 Å². The molecule has 1 fully saturated rings. The summed E-state index contributed by atoms with van der Waals surface area (Å²) in [4.78, 5) is 35.9. The number of para-hydroxylation sites is 1. The highest BCUT2D eigenvalue weighted by molar-refractivity contribution is 7.22. The first-order valence-electron chi connectivity index (χ1n) is 9.47. The van der Waals surface area contributed by atoms with Gasteiger partial charge >= 0.3 is 5.91 Å². The molecule has 158 valence electrons. The predicted molar refractivity (Wildman–Crippen MR) is 120 cm³/mol. The zero-order chi connectivity index (χ0) is 22.4. The molecule has 6 nitrogen and oxygen atoms in total. The quantitative estimate of drug-likeness (QED) is 0.258. The van der Waals surface area contributed by atoms with Gasteiger partial charge in [0.1, 0.15) is 17.1 Å². The molecule has 1 aliphatic heterocycles. The summed E-state index contributed by atoms with van der Waals surface area (Å²) < 4.78 is 14.3. The molecule has 0 spiro atoms. The number of carbonyl (C=O) groups excluding carboxylic acids is 2. The number of benzene rings is 2. The summed E-state index contributed by atoms with van der Waals surface area (Å²) in [5.41, 5.74) is 1.10. The number of carbonyl (C=O) groups is 2. The van der Waals surface area contributed by atoms with Crippen LogP contribution in [0.25, 0.3) is 16.0 Å². The van der Waals surface area contributed by atoms with Gasteiger partial charge in [-0.2, -0.15) is 0 Å². The fourth-order valence-electron chi connectivity index (χ4n) is 3.65. The molecule has 4 aromatic rings. The minimum Gasteiger partial charge on any atom is -0.507 e. The number of aromatic nitrogens is 2. The summed E-state index contributed by atoms with van der Waals surface area (Å²) in [5, 5.41) is 11.6. The van der Waals surface area contributed by atoms with Gasteiger partial charge in [0.05, 0.1) is 21.3 Å². The first-order chi connectivity index (χ1) is 15.5. The number of thiazole rings is 1. The summed E-state index contributed by atoms with van der Waals surface area (Å²) in [6.45, 7) is 0. The number of ketones is 1. The van der Waals surface area contributed by atoms with Crippen molar-refractivity contribution in [2.24, 2.45) is 0 Å². The van der Waals surface area contributed by atoms with E-state index in [1.807, 2.05) is 6.07 Å². The van der Waals surface area contributed by atoms with Crippen LogP contribution in [0.15, 0.2) is 72.6 Å². The lowest BCUT2D eigenvalue weighted by Gasteiger charge is -2.22. The Hall–Kier alpha value is -3.62. The van der Waals surface area contributed by atoms with Crippen LogP contribution in [0.1, 0.15) is 17.2 Å². The second kappa shape index (κ2) is 7.81. The van der Waals surface area contributed by atoms with Crippen LogP contribution in [0.4, 0.5) is 9.52 Å². The summed E-state index contributed by atoms with van der Waals surface area (Å²) in [6.07, 6.45) is 2.92. The first-order valence-corrected chi connectivity index (χ1v) is 10.7. The van der Waals surface area contributed by atoms with E-state index in [-0.39, 0.29) is 22.0 Å². The summed E-state index contributed by atoms with van der Waals surface area (Å²) in [5.74, 6) is -2.55. The van der Waals surface area contributed by atoms with E-state index in [0.29, 0.717) is 16.1 Å². The van der Waals surface area contributed by atoms with Crippen molar-refractivity contribution in [3.05, 3.63) is 94.5 Å². The smallest absolute Gasteiger partial charge is 0.301 e. The summed E-state index contributed by atoms with van der Waals surface area (Å²) in [7, 11) is 0. The van der Waals surface area contributed by atoms with Gasteiger partial charge in [0.2, 0.25) is 0 Å². The van der Waals surface area contributed by atoms with Gasteiger partial charge < -0.3 is 5.11 Å². The van der Waals surface area contributed by atoms with Crippen molar-refractivity contribution in [1.29, 1.82) is 0 Å². The minimum atomic E-state index is -1.00. The Bertz CT molecular complexity index is 1400. The number of aliphatic hydroxyl groups is 1. The summed E-state index contributed by atoms with van der Waals surface area (Å²) in [6, 6.07) is 12.8. The number of aliphatic hydroxyl groups excluding tert-OH is 1. The van der Waals surface area contributed by atoms with Crippen molar-refractivity contribution in [1.82, 2.24) is 9.97 Å². The van der Waals surface area contributed by atoms with Gasteiger partial charge in [0.15, 0.2) is 5.13 Å². The predicted octanol–water partition coefficient (Wildman–Crippen LogP) is 5.11. The molecule has 1 atom stereocenters. The van der Waals surface area contributed by atoms with Gasteiger partial charge in [0, 0.05) is 18.0 Å². The maximum absolute atomic E-state index is 13.6. The van der Waals surface area contributed by atoms with Crippen LogP contribution in [0, 0.1) is 5.82 Å². The second-order valence-corrected chi connectivity index (χ2v) is 8.46. The Morgan fingerprint density at radius 3 is 2.56 bits per heavy atom. The molecule has 5 rings (SSSR count). The van der Waals surface area contributed by atoms with E-state index in [2.05, 4.69) is 9.97 Å². The molecule has 0 saturated carbocycles. The maximum atomic E-state index is 13.6. The van der Waals surface area contributed by atoms with Gasteiger partial charge in [-0.05, 0) is 42.0 Å². The average Bonchev–Trinajstić information content (AvgIpc) is 3.34. The lowest BCUT2D eigenvalue weighted by molar-refractivity contribution is -0.132. The minimum absolute atomic E-state index is 0.125. The first kappa shape index (κ1) is 20.3. The standard InChI is InChI=1S/C23H13ClFN3O3S/c24-15-4-1-5-16-18(15)27-23(32-16)28-19(12-6-8-14(25)9-7-12)17(21(30)22(28)31)20(29)13-3-2-10-26-11-13/h1-11,19,29H. The SMILES string of the molecule is O=C1C(=O)N(c2nc3c(Cl)cccc3s2)C(c2ccc(F)cc2)C1=C(O)c1cccnc1. The van der Waals surface area contributed by atoms with Crippen molar-refractivity contribution < 1.29 is 19.1 Å². The molecule has 1 aliphatic rings. The maximum Gasteiger partial charge on any atom is 0.301 e. The zero-order valence-electron chi connectivity index (χ0n) is 16.2. The van der Waals surface area contributed by atoms with E-state index in [1.165, 1.54) is 52.9 Å². The number of pyridine rings is 1. The monoisotopic (exact) mass is 465 g/mol. The van der Waals surface area contributed by atoms with Crippen LogP contribution in [-0.2, 0) is 9.59 Å². The highest BCUT2D eigenvalue weighted by Crippen LogP contribution is 2.44. The van der Waals surface area contributed by atoms with E-state index in [0.717, 1.165) is 4.70 Å². The number of rotatable bonds is 3. The highest BCUT2D eigenvalue weighted by atomic mass is 35.5. The number of hydrogen-bond donors (Lipinski definition) is 1. The van der Waals surface area contributed by atoms with Crippen LogP contribution in [0.5, 0.6) is 0 Å². The molecular formula is C23H13ClFN3O3S. The molecule has 1 N–H and O–H groups in total. The number of halogens is 2. The van der Waals surface area contributed by atoms with Gasteiger partial charge in [0.25, 0.3) is 5.78 Å². The van der Waals surface area contributed by atoms with Crippen molar-refractivity contribution in [2.75, 3.05) is 4.90 Å². The fourth-order valence-corrected chi connectivity index (χ4v) is 4.95. The third kappa shape index (κ3) is 3.24. The molecular weight excluding hydrogens is 453 g/mol. The molecule has 1 saturated heterocycles. The zero-order valence-corrected chi connectivity index (χ0v) is 17.8. The number of nitrogens with zero attached hydrogens (tertiary/aromatic N) is 3. The lowest BCUT2D eigenvalue weighted by atomic mass is 9.96. The molecule has 2 aromatic carbocycles. The second-order valence-electron chi connectivity index (χ2n) is 7.05. The molecule has 2 aromatic heterocycles. The molecule has 0 aliphatic carbocycles. The number of hydrogen-bond acceptors (Lipinski definition) is 6. The van der Waals surface area contributed by atoms with Crippen molar-refractivity contribution in [3.63, 3.8) is 0 Å². The summed E-state index contributed by atoms with van der Waals surface area (Å²) >= 11 is 7.44. The Kier molecular flexibility index (Phi) is 4.96. The van der Waals surface area contributed by atoms with E-state index in [4.69, 9.17) is 11.6 Å². The Morgan fingerprint density at radius 2 is 1.88 bits per heavy atom. The normalized spacial score (nSPS) is 17.9. The van der Waals surface area contributed by atoms with E-state index >= 15 is 0 Å². The Morgan fingerprint density at radius 1 is 1.09 bits per heavy atom. The van der Waals surface area contributed by atoms with Crippen molar-refractivity contribution >= 4 is 55.7 Å². The van der Waals surface area contributed by atoms with Gasteiger partial charge in [-0.15, -0.1) is 0 Å². The van der Waals surface area contributed by atoms with Crippen molar-refractivity contribution in [2.45, 2.75) is 6.04 Å². The number of Topliss-reactive ketones (excluding diaryl/α,β-unsaturated/α-hetero) is 1. The van der Waals surface area contributed by atoms with E-state index in [1.54, 1.807) is 24.3 Å². The number of fused-ring (bicyclic) bond motifs is 1. The van der Waals surface area contributed by atoms with Crippen LogP contribution < -0.4 is 4.90 Å². The van der Waals surface area contributed by atoms with Gasteiger partial charge in [-0.25, -0.2) is 9.37 Å². The third-order valence-electron chi connectivity index (χ3n) is 5.13. The van der Waals surface area contributed by atoms with Crippen LogP contribution in [-0.4, -0.2) is 26.8 Å². The number of anilines is 1.